The van der Waals surface area contributed by atoms with Gasteiger partial charge in [-0.15, -0.1) is 0 Å². The first-order chi connectivity index (χ1) is 7.65. The molecule has 5 heteroatoms. The summed E-state index contributed by atoms with van der Waals surface area (Å²) in [5.74, 6) is 0. The number of aliphatic hydroxyl groups excluding tert-OH is 2. The fourth-order valence-corrected chi connectivity index (χ4v) is 2.18. The molecule has 0 saturated carbocycles. The van der Waals surface area contributed by atoms with Gasteiger partial charge in [-0.3, -0.25) is 0 Å². The molecule has 1 heterocycles. The number of aliphatic hydroxyl groups is 2. The summed E-state index contributed by atoms with van der Waals surface area (Å²) < 4.78 is 10.8. The minimum absolute atomic E-state index is 0.134. The molecule has 0 aromatic rings. The number of hydrogen-bond donors (Lipinski definition) is 3. The Morgan fingerprint density at radius 3 is 2.62 bits per heavy atom. The SMILES string of the molecule is CCCNC1C(C)OC(CO)C(OC)C1O. The molecule has 1 fully saturated rings. The fraction of sp³-hybridized carbons (Fsp3) is 1.00. The van der Waals surface area contributed by atoms with E-state index in [4.69, 9.17) is 14.6 Å². The molecule has 0 aliphatic carbocycles. The van der Waals surface area contributed by atoms with E-state index in [0.29, 0.717) is 0 Å². The lowest BCUT2D eigenvalue weighted by Crippen LogP contribution is -2.63. The Morgan fingerprint density at radius 2 is 2.12 bits per heavy atom. The molecule has 0 radical (unpaired) electrons. The van der Waals surface area contributed by atoms with E-state index in [2.05, 4.69) is 12.2 Å². The van der Waals surface area contributed by atoms with E-state index in [1.54, 1.807) is 0 Å². The van der Waals surface area contributed by atoms with Crippen molar-refractivity contribution < 1.29 is 19.7 Å². The van der Waals surface area contributed by atoms with Gasteiger partial charge in [0.15, 0.2) is 0 Å². The Kier molecular flexibility index (Phi) is 5.64. The van der Waals surface area contributed by atoms with Gasteiger partial charge in [0.1, 0.15) is 18.3 Å². The molecular formula is C11H23NO4. The predicted octanol–water partition coefficient (Wildman–Crippen LogP) is -0.490. The highest BCUT2D eigenvalue weighted by Crippen LogP contribution is 2.22. The Balaban J connectivity index is 2.65. The van der Waals surface area contributed by atoms with Gasteiger partial charge < -0.3 is 25.0 Å². The molecular weight excluding hydrogens is 210 g/mol. The van der Waals surface area contributed by atoms with Crippen LogP contribution in [0, 0.1) is 0 Å². The number of nitrogens with one attached hydrogen (secondary N) is 1. The van der Waals surface area contributed by atoms with Crippen LogP contribution >= 0.6 is 0 Å². The van der Waals surface area contributed by atoms with Gasteiger partial charge in [0.05, 0.1) is 18.8 Å². The molecule has 5 nitrogen and oxygen atoms in total. The summed E-state index contributed by atoms with van der Waals surface area (Å²) in [6.07, 6.45) is -0.718. The second-order valence-electron chi connectivity index (χ2n) is 4.23. The molecule has 1 aliphatic rings. The molecule has 96 valence electrons. The Bertz CT molecular complexity index is 202. The maximum atomic E-state index is 10.1. The zero-order valence-electron chi connectivity index (χ0n) is 10.2. The zero-order valence-corrected chi connectivity index (χ0v) is 10.2. The van der Waals surface area contributed by atoms with Crippen molar-refractivity contribution in [1.82, 2.24) is 5.32 Å². The highest BCUT2D eigenvalue weighted by molar-refractivity contribution is 4.95. The molecule has 0 aromatic carbocycles. The van der Waals surface area contributed by atoms with E-state index in [-0.39, 0.29) is 18.8 Å². The predicted molar refractivity (Wildman–Crippen MR) is 60.3 cm³/mol. The Morgan fingerprint density at radius 1 is 1.44 bits per heavy atom. The van der Waals surface area contributed by atoms with Crippen LogP contribution in [0.2, 0.25) is 0 Å². The van der Waals surface area contributed by atoms with Crippen molar-refractivity contribution in [1.29, 1.82) is 0 Å². The van der Waals surface area contributed by atoms with E-state index in [9.17, 15) is 5.11 Å². The average molecular weight is 233 g/mol. The monoisotopic (exact) mass is 233 g/mol. The van der Waals surface area contributed by atoms with Crippen LogP contribution < -0.4 is 5.32 Å². The average Bonchev–Trinajstić information content (AvgIpc) is 2.28. The van der Waals surface area contributed by atoms with Crippen LogP contribution in [-0.2, 0) is 9.47 Å². The number of ether oxygens (including phenoxy) is 2. The standard InChI is InChI=1S/C11H23NO4/c1-4-5-12-9-7(2)16-8(6-13)11(15-3)10(9)14/h7-14H,4-6H2,1-3H3. The lowest BCUT2D eigenvalue weighted by Gasteiger charge is -2.43. The second kappa shape index (κ2) is 6.51. The molecule has 1 rings (SSSR count). The molecule has 0 aromatic heterocycles. The molecule has 1 saturated heterocycles. The molecule has 0 spiro atoms. The fourth-order valence-electron chi connectivity index (χ4n) is 2.18. The van der Waals surface area contributed by atoms with Gasteiger partial charge >= 0.3 is 0 Å². The third kappa shape index (κ3) is 2.93. The maximum absolute atomic E-state index is 10.1. The van der Waals surface area contributed by atoms with Gasteiger partial charge in [0, 0.05) is 7.11 Å². The van der Waals surface area contributed by atoms with Crippen molar-refractivity contribution >= 4 is 0 Å². The van der Waals surface area contributed by atoms with Crippen molar-refractivity contribution in [2.24, 2.45) is 0 Å². The Hall–Kier alpha value is -0.200. The quantitative estimate of drug-likeness (QED) is 0.598. The van der Waals surface area contributed by atoms with Crippen molar-refractivity contribution in [2.45, 2.75) is 50.7 Å². The highest BCUT2D eigenvalue weighted by Gasteiger charge is 2.42. The van der Waals surface area contributed by atoms with E-state index < -0.39 is 18.3 Å². The summed E-state index contributed by atoms with van der Waals surface area (Å²) in [5, 5.41) is 22.5. The van der Waals surface area contributed by atoms with Crippen molar-refractivity contribution in [3.05, 3.63) is 0 Å². The van der Waals surface area contributed by atoms with Gasteiger partial charge in [-0.05, 0) is 19.9 Å². The second-order valence-corrected chi connectivity index (χ2v) is 4.23. The summed E-state index contributed by atoms with van der Waals surface area (Å²) in [4.78, 5) is 0. The first kappa shape index (κ1) is 13.9. The number of rotatable bonds is 5. The molecule has 1 aliphatic heterocycles. The largest absolute Gasteiger partial charge is 0.394 e. The van der Waals surface area contributed by atoms with Crippen LogP contribution in [0.15, 0.2) is 0 Å². The summed E-state index contributed by atoms with van der Waals surface area (Å²) >= 11 is 0. The van der Waals surface area contributed by atoms with Crippen molar-refractivity contribution in [2.75, 3.05) is 20.3 Å². The van der Waals surface area contributed by atoms with Gasteiger partial charge in [0.2, 0.25) is 0 Å². The molecule has 16 heavy (non-hydrogen) atoms. The van der Waals surface area contributed by atoms with Crippen LogP contribution in [0.4, 0.5) is 0 Å². The van der Waals surface area contributed by atoms with Crippen LogP contribution in [0.1, 0.15) is 20.3 Å². The third-order valence-corrected chi connectivity index (χ3v) is 3.05. The number of methoxy groups -OCH3 is 1. The van der Waals surface area contributed by atoms with Gasteiger partial charge in [0.25, 0.3) is 0 Å². The molecule has 0 amide bonds. The normalized spacial score (nSPS) is 39.9. The first-order valence-corrected chi connectivity index (χ1v) is 5.86. The molecule has 0 bridgehead atoms. The van der Waals surface area contributed by atoms with Crippen molar-refractivity contribution in [3.63, 3.8) is 0 Å². The molecule has 5 atom stereocenters. The number of hydrogen-bond acceptors (Lipinski definition) is 5. The van der Waals surface area contributed by atoms with Crippen LogP contribution in [0.3, 0.4) is 0 Å². The zero-order chi connectivity index (χ0) is 12.1. The minimum Gasteiger partial charge on any atom is -0.394 e. The lowest BCUT2D eigenvalue weighted by atomic mass is 9.93. The van der Waals surface area contributed by atoms with E-state index >= 15 is 0 Å². The smallest absolute Gasteiger partial charge is 0.113 e. The van der Waals surface area contributed by atoms with Crippen LogP contribution in [0.5, 0.6) is 0 Å². The topological polar surface area (TPSA) is 71.0 Å². The van der Waals surface area contributed by atoms with E-state index in [1.165, 1.54) is 7.11 Å². The molecule has 5 unspecified atom stereocenters. The highest BCUT2D eigenvalue weighted by atomic mass is 16.6. The van der Waals surface area contributed by atoms with Crippen LogP contribution in [0.25, 0.3) is 0 Å². The summed E-state index contributed by atoms with van der Waals surface area (Å²) in [5.41, 5.74) is 0. The Labute approximate surface area is 96.7 Å². The van der Waals surface area contributed by atoms with Crippen molar-refractivity contribution in [3.8, 4) is 0 Å². The van der Waals surface area contributed by atoms with E-state index in [0.717, 1.165) is 13.0 Å². The third-order valence-electron chi connectivity index (χ3n) is 3.05. The van der Waals surface area contributed by atoms with Crippen LogP contribution in [-0.4, -0.2) is 60.9 Å². The first-order valence-electron chi connectivity index (χ1n) is 5.86. The van der Waals surface area contributed by atoms with Gasteiger partial charge in [-0.25, -0.2) is 0 Å². The minimum atomic E-state index is -0.655. The summed E-state index contributed by atoms with van der Waals surface area (Å²) in [6.45, 7) is 4.65. The maximum Gasteiger partial charge on any atom is 0.113 e. The summed E-state index contributed by atoms with van der Waals surface area (Å²) in [7, 11) is 1.52. The van der Waals surface area contributed by atoms with Gasteiger partial charge in [-0.2, -0.15) is 0 Å². The lowest BCUT2D eigenvalue weighted by molar-refractivity contribution is -0.198. The van der Waals surface area contributed by atoms with Gasteiger partial charge in [-0.1, -0.05) is 6.92 Å². The summed E-state index contributed by atoms with van der Waals surface area (Å²) in [6, 6.07) is -0.146. The molecule has 3 N–H and O–H groups in total. The van der Waals surface area contributed by atoms with E-state index in [1.807, 2.05) is 6.92 Å².